The molecule has 2 N–H and O–H groups in total. The first-order chi connectivity index (χ1) is 11.7. The van der Waals surface area contributed by atoms with Crippen molar-refractivity contribution in [3.05, 3.63) is 21.4 Å². The zero-order valence-corrected chi connectivity index (χ0v) is 15.3. The predicted octanol–water partition coefficient (Wildman–Crippen LogP) is 3.35. The highest BCUT2D eigenvalue weighted by atomic mass is 32.1. The molecule has 1 amide bonds. The van der Waals surface area contributed by atoms with E-state index in [0.29, 0.717) is 24.0 Å². The molecule has 4 nitrogen and oxygen atoms in total. The first-order valence-electron chi connectivity index (χ1n) is 9.45. The quantitative estimate of drug-likeness (QED) is 0.858. The van der Waals surface area contributed by atoms with Gasteiger partial charge in [-0.2, -0.15) is 0 Å². The topological polar surface area (TPSA) is 50.4 Å². The molecule has 0 spiro atoms. The van der Waals surface area contributed by atoms with Gasteiger partial charge in [0.15, 0.2) is 0 Å². The minimum atomic E-state index is 0.136. The molecule has 5 heteroatoms. The lowest BCUT2D eigenvalue weighted by Crippen LogP contribution is -2.36. The number of carbonyl (C=O) groups is 1. The smallest absolute Gasteiger partial charge is 0.252 e. The molecule has 0 radical (unpaired) electrons. The summed E-state index contributed by atoms with van der Waals surface area (Å²) in [6, 6.07) is 3.75. The highest BCUT2D eigenvalue weighted by molar-refractivity contribution is 7.12. The molecule has 1 aromatic heterocycles. The van der Waals surface area contributed by atoms with E-state index in [0.717, 1.165) is 49.3 Å². The van der Waals surface area contributed by atoms with Gasteiger partial charge in [-0.25, -0.2) is 0 Å². The van der Waals surface area contributed by atoms with Crippen LogP contribution in [0.4, 0.5) is 0 Å². The molecule has 0 bridgehead atoms. The van der Waals surface area contributed by atoms with E-state index in [-0.39, 0.29) is 5.91 Å². The Bertz CT molecular complexity index is 588. The van der Waals surface area contributed by atoms with Crippen molar-refractivity contribution >= 4 is 17.2 Å². The van der Waals surface area contributed by atoms with Gasteiger partial charge < -0.3 is 15.4 Å². The van der Waals surface area contributed by atoms with Crippen molar-refractivity contribution in [1.82, 2.24) is 10.6 Å². The van der Waals surface area contributed by atoms with Gasteiger partial charge in [0.2, 0.25) is 0 Å². The standard InChI is InChI=1S/C19H28N2O2S/c1-12-15(19(22)21-13-4-2-3-5-13)11-18(24-12)16-10-17(16)20-14-6-8-23-9-7-14/h11,13-14,16-17,20H,2-10H2,1H3,(H,21,22). The Morgan fingerprint density at radius 1 is 1.17 bits per heavy atom. The Labute approximate surface area is 148 Å². The maximum Gasteiger partial charge on any atom is 0.252 e. The van der Waals surface area contributed by atoms with Crippen LogP contribution < -0.4 is 10.6 Å². The predicted molar refractivity (Wildman–Crippen MR) is 96.9 cm³/mol. The van der Waals surface area contributed by atoms with Crippen LogP contribution in [0.15, 0.2) is 6.07 Å². The number of carbonyl (C=O) groups excluding carboxylic acids is 1. The van der Waals surface area contributed by atoms with E-state index < -0.39 is 0 Å². The zero-order chi connectivity index (χ0) is 16.5. The first-order valence-corrected chi connectivity index (χ1v) is 10.3. The molecule has 2 saturated carbocycles. The van der Waals surface area contributed by atoms with Crippen LogP contribution in [0.5, 0.6) is 0 Å². The van der Waals surface area contributed by atoms with Gasteiger partial charge in [0.25, 0.3) is 5.91 Å². The maximum atomic E-state index is 12.5. The largest absolute Gasteiger partial charge is 0.381 e. The van der Waals surface area contributed by atoms with Crippen LogP contribution >= 0.6 is 11.3 Å². The van der Waals surface area contributed by atoms with E-state index in [1.54, 1.807) is 0 Å². The molecule has 2 aliphatic carbocycles. The highest BCUT2D eigenvalue weighted by Crippen LogP contribution is 2.45. The number of hydrogen-bond donors (Lipinski definition) is 2. The molecule has 132 valence electrons. The fourth-order valence-corrected chi connectivity index (χ4v) is 5.31. The lowest BCUT2D eigenvalue weighted by Gasteiger charge is -2.23. The number of amides is 1. The number of hydrogen-bond acceptors (Lipinski definition) is 4. The number of nitrogens with one attached hydrogen (secondary N) is 2. The molecule has 3 fully saturated rings. The molecule has 0 aromatic carbocycles. The normalized spacial score (nSPS) is 28.2. The van der Waals surface area contributed by atoms with Crippen LogP contribution in [0.25, 0.3) is 0 Å². The summed E-state index contributed by atoms with van der Waals surface area (Å²) >= 11 is 1.81. The third kappa shape index (κ3) is 3.68. The van der Waals surface area contributed by atoms with Gasteiger partial charge in [-0.1, -0.05) is 12.8 Å². The molecule has 1 saturated heterocycles. The van der Waals surface area contributed by atoms with E-state index in [4.69, 9.17) is 4.74 Å². The minimum Gasteiger partial charge on any atom is -0.381 e. The van der Waals surface area contributed by atoms with Gasteiger partial charge in [0.1, 0.15) is 0 Å². The molecule has 24 heavy (non-hydrogen) atoms. The molecule has 2 heterocycles. The molecule has 1 aromatic rings. The van der Waals surface area contributed by atoms with E-state index in [1.807, 2.05) is 11.3 Å². The van der Waals surface area contributed by atoms with Gasteiger partial charge in [0, 0.05) is 47.0 Å². The van der Waals surface area contributed by atoms with Gasteiger partial charge in [0.05, 0.1) is 5.56 Å². The summed E-state index contributed by atoms with van der Waals surface area (Å²) in [4.78, 5) is 15.1. The second-order valence-electron chi connectivity index (χ2n) is 7.58. The van der Waals surface area contributed by atoms with Crippen molar-refractivity contribution in [1.29, 1.82) is 0 Å². The Morgan fingerprint density at radius 3 is 2.67 bits per heavy atom. The van der Waals surface area contributed by atoms with Gasteiger partial charge in [-0.15, -0.1) is 11.3 Å². The average Bonchev–Trinajstić information content (AvgIpc) is 2.96. The fourth-order valence-electron chi connectivity index (χ4n) is 4.11. The summed E-state index contributed by atoms with van der Waals surface area (Å²) in [5.74, 6) is 0.737. The highest BCUT2D eigenvalue weighted by Gasteiger charge is 2.41. The van der Waals surface area contributed by atoms with Gasteiger partial charge in [-0.3, -0.25) is 4.79 Å². The Kier molecular flexibility index (Phi) is 4.93. The molecule has 3 aliphatic rings. The van der Waals surface area contributed by atoms with Crippen LogP contribution in [-0.2, 0) is 4.74 Å². The van der Waals surface area contributed by atoms with Crippen LogP contribution in [-0.4, -0.2) is 37.2 Å². The van der Waals surface area contributed by atoms with Crippen molar-refractivity contribution in [2.45, 2.75) is 75.9 Å². The molecule has 2 atom stereocenters. The lowest BCUT2D eigenvalue weighted by atomic mass is 10.1. The lowest BCUT2D eigenvalue weighted by molar-refractivity contribution is 0.0774. The average molecular weight is 349 g/mol. The van der Waals surface area contributed by atoms with Crippen molar-refractivity contribution in [3.63, 3.8) is 0 Å². The van der Waals surface area contributed by atoms with Crippen molar-refractivity contribution in [2.24, 2.45) is 0 Å². The first kappa shape index (κ1) is 16.6. The van der Waals surface area contributed by atoms with Crippen LogP contribution in [0.1, 0.15) is 71.0 Å². The number of aryl methyl sites for hydroxylation is 1. The van der Waals surface area contributed by atoms with E-state index >= 15 is 0 Å². The minimum absolute atomic E-state index is 0.136. The second-order valence-corrected chi connectivity index (χ2v) is 8.86. The van der Waals surface area contributed by atoms with Gasteiger partial charge >= 0.3 is 0 Å². The van der Waals surface area contributed by atoms with E-state index in [2.05, 4.69) is 23.6 Å². The SMILES string of the molecule is Cc1sc(C2CC2NC2CCOCC2)cc1C(=O)NC1CCCC1. The molecule has 4 rings (SSSR count). The molecular weight excluding hydrogens is 320 g/mol. The van der Waals surface area contributed by atoms with Crippen LogP contribution in [0, 0.1) is 6.92 Å². The van der Waals surface area contributed by atoms with E-state index in [1.165, 1.54) is 24.1 Å². The second kappa shape index (κ2) is 7.14. The number of thiophene rings is 1. The van der Waals surface area contributed by atoms with Crippen molar-refractivity contribution in [2.75, 3.05) is 13.2 Å². The monoisotopic (exact) mass is 348 g/mol. The van der Waals surface area contributed by atoms with Crippen molar-refractivity contribution in [3.8, 4) is 0 Å². The number of ether oxygens (including phenoxy) is 1. The van der Waals surface area contributed by atoms with Crippen molar-refractivity contribution < 1.29 is 9.53 Å². The summed E-state index contributed by atoms with van der Waals surface area (Å²) in [6.07, 6.45) is 8.24. The summed E-state index contributed by atoms with van der Waals surface area (Å²) < 4.78 is 5.43. The van der Waals surface area contributed by atoms with Crippen LogP contribution in [0.3, 0.4) is 0 Å². The van der Waals surface area contributed by atoms with Crippen LogP contribution in [0.2, 0.25) is 0 Å². The maximum absolute atomic E-state index is 12.5. The Morgan fingerprint density at radius 2 is 1.92 bits per heavy atom. The molecule has 2 unspecified atom stereocenters. The third-order valence-electron chi connectivity index (χ3n) is 5.70. The Balaban J connectivity index is 1.34. The summed E-state index contributed by atoms with van der Waals surface area (Å²) in [7, 11) is 0. The Hall–Kier alpha value is -0.910. The fraction of sp³-hybridized carbons (Fsp3) is 0.737. The summed E-state index contributed by atoms with van der Waals surface area (Å²) in [6.45, 7) is 3.86. The van der Waals surface area contributed by atoms with Gasteiger partial charge in [-0.05, 0) is 45.1 Å². The van der Waals surface area contributed by atoms with E-state index in [9.17, 15) is 4.79 Å². The third-order valence-corrected chi connectivity index (χ3v) is 6.88. The molecule has 1 aliphatic heterocycles. The number of rotatable bonds is 5. The molecular formula is C19H28N2O2S. The summed E-state index contributed by atoms with van der Waals surface area (Å²) in [5.41, 5.74) is 0.901. The summed E-state index contributed by atoms with van der Waals surface area (Å²) in [5, 5.41) is 7.01. The zero-order valence-electron chi connectivity index (χ0n) is 14.5.